The number of rotatable bonds is 9. The number of aliphatic hydroxyl groups excluding tert-OH is 1. The topological polar surface area (TPSA) is 70.6 Å². The number of benzene rings is 2. The fourth-order valence-electron chi connectivity index (χ4n) is 2.20. The number of hydrogen-bond donors (Lipinski definition) is 3. The molecule has 0 aliphatic rings. The van der Waals surface area contributed by atoms with E-state index in [1.165, 1.54) is 6.07 Å². The van der Waals surface area contributed by atoms with Crippen LogP contribution in [-0.4, -0.2) is 36.8 Å². The van der Waals surface area contributed by atoms with Crippen molar-refractivity contribution < 1.29 is 19.0 Å². The molecule has 5 nitrogen and oxygen atoms in total. The van der Waals surface area contributed by atoms with Gasteiger partial charge in [-0.3, -0.25) is 4.79 Å². The summed E-state index contributed by atoms with van der Waals surface area (Å²) in [4.78, 5) is 12.0. The zero-order valence-electron chi connectivity index (χ0n) is 14.2. The van der Waals surface area contributed by atoms with Gasteiger partial charge in [-0.2, -0.15) is 0 Å². The number of halogens is 1. The second kappa shape index (κ2) is 9.64. The third kappa shape index (κ3) is 5.76. The predicted molar refractivity (Wildman–Crippen MR) is 95.5 cm³/mol. The molecular weight excluding hydrogens is 323 g/mol. The Morgan fingerprint density at radius 2 is 1.92 bits per heavy atom. The lowest BCUT2D eigenvalue weighted by atomic mass is 10.1. The maximum absolute atomic E-state index is 13.4. The molecule has 2 aromatic carbocycles. The average molecular weight is 346 g/mol. The SMILES string of the molecule is CCC(CO)NC(=O)c1ccc(NCCOc2ccccc2F)cc1. The first kappa shape index (κ1) is 18.7. The lowest BCUT2D eigenvalue weighted by Gasteiger charge is -2.14. The van der Waals surface area contributed by atoms with E-state index in [0.29, 0.717) is 25.1 Å². The monoisotopic (exact) mass is 346 g/mol. The van der Waals surface area contributed by atoms with Crippen LogP contribution in [0.1, 0.15) is 23.7 Å². The number of amides is 1. The third-order valence-corrected chi connectivity index (χ3v) is 3.72. The van der Waals surface area contributed by atoms with Crippen LogP contribution in [0.2, 0.25) is 0 Å². The summed E-state index contributed by atoms with van der Waals surface area (Å²) >= 11 is 0. The molecule has 0 radical (unpaired) electrons. The zero-order chi connectivity index (χ0) is 18.1. The standard InChI is InChI=1S/C19H23FN2O3/c1-2-15(13-23)22-19(24)14-7-9-16(10-8-14)21-11-12-25-18-6-4-3-5-17(18)20/h3-10,15,21,23H,2,11-13H2,1H3,(H,22,24). The molecule has 6 heteroatoms. The van der Waals surface area contributed by atoms with Crippen molar-refractivity contribution in [3.05, 3.63) is 59.9 Å². The van der Waals surface area contributed by atoms with E-state index in [-0.39, 0.29) is 30.1 Å². The van der Waals surface area contributed by atoms with E-state index in [4.69, 9.17) is 9.84 Å². The first-order valence-electron chi connectivity index (χ1n) is 8.27. The van der Waals surface area contributed by atoms with E-state index in [1.807, 2.05) is 6.92 Å². The van der Waals surface area contributed by atoms with Crippen LogP contribution in [0.4, 0.5) is 10.1 Å². The van der Waals surface area contributed by atoms with Gasteiger partial charge in [-0.05, 0) is 42.8 Å². The molecule has 0 saturated carbocycles. The summed E-state index contributed by atoms with van der Waals surface area (Å²) in [6, 6.07) is 13.0. The Balaban J connectivity index is 1.78. The summed E-state index contributed by atoms with van der Waals surface area (Å²) in [5.74, 6) is -0.368. The summed E-state index contributed by atoms with van der Waals surface area (Å²) in [6.45, 7) is 2.64. The minimum absolute atomic E-state index is 0.0795. The minimum Gasteiger partial charge on any atom is -0.489 e. The van der Waals surface area contributed by atoms with Crippen LogP contribution in [0.5, 0.6) is 5.75 Å². The first-order valence-corrected chi connectivity index (χ1v) is 8.27. The Bertz CT molecular complexity index is 673. The lowest BCUT2D eigenvalue weighted by molar-refractivity contribution is 0.0915. The second-order valence-corrected chi connectivity index (χ2v) is 5.54. The van der Waals surface area contributed by atoms with E-state index in [9.17, 15) is 9.18 Å². The van der Waals surface area contributed by atoms with Crippen LogP contribution in [0.3, 0.4) is 0 Å². The Morgan fingerprint density at radius 1 is 1.20 bits per heavy atom. The van der Waals surface area contributed by atoms with Crippen molar-refractivity contribution in [1.29, 1.82) is 0 Å². The highest BCUT2D eigenvalue weighted by Gasteiger charge is 2.11. The highest BCUT2D eigenvalue weighted by molar-refractivity contribution is 5.94. The first-order chi connectivity index (χ1) is 12.1. The van der Waals surface area contributed by atoms with Gasteiger partial charge in [-0.25, -0.2) is 4.39 Å². The number of carbonyl (C=O) groups is 1. The number of ether oxygens (including phenoxy) is 1. The Labute approximate surface area is 146 Å². The van der Waals surface area contributed by atoms with Gasteiger partial charge in [0.1, 0.15) is 6.61 Å². The van der Waals surface area contributed by atoms with Gasteiger partial charge in [-0.15, -0.1) is 0 Å². The predicted octanol–water partition coefficient (Wildman–Crippen LogP) is 2.82. The largest absolute Gasteiger partial charge is 0.489 e. The van der Waals surface area contributed by atoms with Gasteiger partial charge in [0.25, 0.3) is 5.91 Å². The molecular formula is C19H23FN2O3. The number of carbonyl (C=O) groups excluding carboxylic acids is 1. The van der Waals surface area contributed by atoms with E-state index >= 15 is 0 Å². The van der Waals surface area contributed by atoms with E-state index in [2.05, 4.69) is 10.6 Å². The molecule has 25 heavy (non-hydrogen) atoms. The van der Waals surface area contributed by atoms with Crippen molar-refractivity contribution >= 4 is 11.6 Å². The summed E-state index contributed by atoms with van der Waals surface area (Å²) in [5.41, 5.74) is 1.36. The normalized spacial score (nSPS) is 11.6. The maximum atomic E-state index is 13.4. The molecule has 0 heterocycles. The van der Waals surface area contributed by atoms with Gasteiger partial charge in [-0.1, -0.05) is 19.1 Å². The number of nitrogens with one attached hydrogen (secondary N) is 2. The molecule has 0 aliphatic heterocycles. The molecule has 0 saturated heterocycles. The van der Waals surface area contributed by atoms with Crippen molar-refractivity contribution in [3.63, 3.8) is 0 Å². The molecule has 3 N–H and O–H groups in total. The Morgan fingerprint density at radius 3 is 2.56 bits per heavy atom. The smallest absolute Gasteiger partial charge is 0.251 e. The van der Waals surface area contributed by atoms with Crippen LogP contribution in [0.25, 0.3) is 0 Å². The van der Waals surface area contributed by atoms with Gasteiger partial charge in [0.05, 0.1) is 12.6 Å². The second-order valence-electron chi connectivity index (χ2n) is 5.54. The van der Waals surface area contributed by atoms with E-state index in [1.54, 1.807) is 42.5 Å². The molecule has 0 aliphatic carbocycles. The molecule has 1 amide bonds. The van der Waals surface area contributed by atoms with Crippen LogP contribution < -0.4 is 15.4 Å². The van der Waals surface area contributed by atoms with Gasteiger partial charge >= 0.3 is 0 Å². The molecule has 2 aromatic rings. The molecule has 0 aromatic heterocycles. The van der Waals surface area contributed by atoms with Crippen molar-refractivity contribution in [3.8, 4) is 5.75 Å². The summed E-state index contributed by atoms with van der Waals surface area (Å²) in [5, 5.41) is 15.0. The van der Waals surface area contributed by atoms with Crippen LogP contribution in [0, 0.1) is 5.82 Å². The highest BCUT2D eigenvalue weighted by atomic mass is 19.1. The van der Waals surface area contributed by atoms with Crippen LogP contribution >= 0.6 is 0 Å². The quantitative estimate of drug-likeness (QED) is 0.611. The van der Waals surface area contributed by atoms with Crippen molar-refractivity contribution in [2.45, 2.75) is 19.4 Å². The van der Waals surface area contributed by atoms with Crippen molar-refractivity contribution in [2.75, 3.05) is 25.1 Å². The molecule has 0 fully saturated rings. The fourth-order valence-corrected chi connectivity index (χ4v) is 2.20. The Hall–Kier alpha value is -2.60. The third-order valence-electron chi connectivity index (χ3n) is 3.72. The van der Waals surface area contributed by atoms with Crippen LogP contribution in [-0.2, 0) is 0 Å². The van der Waals surface area contributed by atoms with Crippen LogP contribution in [0.15, 0.2) is 48.5 Å². The van der Waals surface area contributed by atoms with Gasteiger partial charge < -0.3 is 20.5 Å². The highest BCUT2D eigenvalue weighted by Crippen LogP contribution is 2.15. The number of anilines is 1. The molecule has 134 valence electrons. The van der Waals surface area contributed by atoms with Crippen molar-refractivity contribution in [2.24, 2.45) is 0 Å². The molecule has 1 atom stereocenters. The molecule has 0 spiro atoms. The number of aliphatic hydroxyl groups is 1. The fraction of sp³-hybridized carbons (Fsp3) is 0.316. The summed E-state index contributed by atoms with van der Waals surface area (Å²) in [6.07, 6.45) is 0.671. The van der Waals surface area contributed by atoms with Gasteiger partial charge in [0.15, 0.2) is 11.6 Å². The average Bonchev–Trinajstić information content (AvgIpc) is 2.65. The lowest BCUT2D eigenvalue weighted by Crippen LogP contribution is -2.36. The Kier molecular flexibility index (Phi) is 7.22. The summed E-state index contributed by atoms with van der Waals surface area (Å²) < 4.78 is 18.8. The van der Waals surface area contributed by atoms with E-state index < -0.39 is 0 Å². The number of para-hydroxylation sites is 1. The molecule has 2 rings (SSSR count). The van der Waals surface area contributed by atoms with Crippen molar-refractivity contribution in [1.82, 2.24) is 5.32 Å². The number of hydrogen-bond acceptors (Lipinski definition) is 4. The minimum atomic E-state index is -0.383. The van der Waals surface area contributed by atoms with Gasteiger partial charge in [0, 0.05) is 17.8 Å². The molecule has 0 bridgehead atoms. The maximum Gasteiger partial charge on any atom is 0.251 e. The summed E-state index contributed by atoms with van der Waals surface area (Å²) in [7, 11) is 0. The molecule has 1 unspecified atom stereocenters. The zero-order valence-corrected chi connectivity index (χ0v) is 14.2. The van der Waals surface area contributed by atoms with Gasteiger partial charge in [0.2, 0.25) is 0 Å². The van der Waals surface area contributed by atoms with E-state index in [0.717, 1.165) is 5.69 Å².